The van der Waals surface area contributed by atoms with Crippen molar-refractivity contribution in [1.29, 1.82) is 0 Å². The molecule has 0 aliphatic carbocycles. The molecule has 0 amide bonds. The summed E-state index contributed by atoms with van der Waals surface area (Å²) in [7, 11) is 0. The highest BCUT2D eigenvalue weighted by Crippen LogP contribution is 2.37. The smallest absolute Gasteiger partial charge is 0.115 e. The summed E-state index contributed by atoms with van der Waals surface area (Å²) in [5.74, 6) is 0.257. The van der Waals surface area contributed by atoms with Crippen molar-refractivity contribution < 1.29 is 5.11 Å². The van der Waals surface area contributed by atoms with E-state index in [-0.39, 0.29) is 5.75 Å². The second-order valence-electron chi connectivity index (χ2n) is 8.18. The molecule has 160 valence electrons. The normalized spacial score (nSPS) is 10.7. The molecular formula is C31H25NO. The van der Waals surface area contributed by atoms with Gasteiger partial charge in [0.05, 0.1) is 0 Å². The lowest BCUT2D eigenvalue weighted by Gasteiger charge is -2.26. The maximum atomic E-state index is 9.81. The number of rotatable bonds is 5. The number of aryl methyl sites for hydroxylation is 1. The standard InChI is InChI=1S/C31H25NO/c1-23-7-9-25(10-8-23)27-13-17-29(18-14-27)32(30-19-21-31(33)22-20-30)28-15-11-26(12-16-28)24-5-3-2-4-6-24/h2-22,33H,1H3. The molecule has 5 aromatic carbocycles. The highest BCUT2D eigenvalue weighted by atomic mass is 16.3. The molecule has 0 aliphatic heterocycles. The highest BCUT2D eigenvalue weighted by molar-refractivity contribution is 5.80. The first-order valence-corrected chi connectivity index (χ1v) is 11.1. The fourth-order valence-corrected chi connectivity index (χ4v) is 4.03. The predicted molar refractivity (Wildman–Crippen MR) is 138 cm³/mol. The summed E-state index contributed by atoms with van der Waals surface area (Å²) < 4.78 is 0. The van der Waals surface area contributed by atoms with E-state index in [0.717, 1.165) is 17.1 Å². The van der Waals surface area contributed by atoms with E-state index >= 15 is 0 Å². The van der Waals surface area contributed by atoms with E-state index in [0.29, 0.717) is 0 Å². The summed E-state index contributed by atoms with van der Waals surface area (Å²) in [4.78, 5) is 2.20. The SMILES string of the molecule is Cc1ccc(-c2ccc(N(c3ccc(O)cc3)c3ccc(-c4ccccc4)cc3)cc2)cc1. The van der Waals surface area contributed by atoms with Crippen LogP contribution in [0, 0.1) is 6.92 Å². The van der Waals surface area contributed by atoms with Crippen LogP contribution in [0.15, 0.2) is 127 Å². The van der Waals surface area contributed by atoms with Gasteiger partial charge in [-0.2, -0.15) is 0 Å². The number of phenolic OH excluding ortho intramolecular Hbond substituents is 1. The zero-order valence-corrected chi connectivity index (χ0v) is 18.5. The molecule has 0 heterocycles. The van der Waals surface area contributed by atoms with Crippen molar-refractivity contribution in [3.8, 4) is 28.0 Å². The molecule has 0 saturated heterocycles. The molecule has 2 heteroatoms. The molecule has 0 bridgehead atoms. The number of hydrogen-bond acceptors (Lipinski definition) is 2. The zero-order chi connectivity index (χ0) is 22.6. The van der Waals surface area contributed by atoms with Crippen LogP contribution in [0.5, 0.6) is 5.75 Å². The van der Waals surface area contributed by atoms with Crippen LogP contribution in [0.25, 0.3) is 22.3 Å². The number of benzene rings is 5. The number of anilines is 3. The van der Waals surface area contributed by atoms with Crippen molar-refractivity contribution in [2.24, 2.45) is 0 Å². The Labute approximate surface area is 195 Å². The first-order chi connectivity index (χ1) is 16.2. The van der Waals surface area contributed by atoms with Gasteiger partial charge in [-0.25, -0.2) is 0 Å². The molecule has 0 atom stereocenters. The van der Waals surface area contributed by atoms with Crippen molar-refractivity contribution in [3.05, 3.63) is 133 Å². The number of phenols is 1. The third-order valence-electron chi connectivity index (χ3n) is 5.85. The van der Waals surface area contributed by atoms with Crippen LogP contribution in [-0.4, -0.2) is 5.11 Å². The Bertz CT molecular complexity index is 1320. The van der Waals surface area contributed by atoms with E-state index in [4.69, 9.17) is 0 Å². The molecule has 5 rings (SSSR count). The zero-order valence-electron chi connectivity index (χ0n) is 18.5. The lowest BCUT2D eigenvalue weighted by Crippen LogP contribution is -2.09. The van der Waals surface area contributed by atoms with E-state index in [2.05, 4.69) is 109 Å². The van der Waals surface area contributed by atoms with E-state index in [1.165, 1.54) is 27.8 Å². The van der Waals surface area contributed by atoms with Gasteiger partial charge in [-0.1, -0.05) is 84.4 Å². The van der Waals surface area contributed by atoms with Crippen molar-refractivity contribution >= 4 is 17.1 Å². The third-order valence-corrected chi connectivity index (χ3v) is 5.85. The van der Waals surface area contributed by atoms with Crippen molar-refractivity contribution in [2.75, 3.05) is 4.90 Å². The molecule has 0 aromatic heterocycles. The molecule has 0 fully saturated rings. The van der Waals surface area contributed by atoms with E-state index < -0.39 is 0 Å². The number of nitrogens with zero attached hydrogens (tertiary/aromatic N) is 1. The largest absolute Gasteiger partial charge is 0.508 e. The van der Waals surface area contributed by atoms with Crippen molar-refractivity contribution in [1.82, 2.24) is 0 Å². The minimum absolute atomic E-state index is 0.257. The number of hydrogen-bond donors (Lipinski definition) is 1. The van der Waals surface area contributed by atoms with Crippen LogP contribution in [0.3, 0.4) is 0 Å². The lowest BCUT2D eigenvalue weighted by atomic mass is 10.0. The summed E-state index contributed by atoms with van der Waals surface area (Å²) in [6.07, 6.45) is 0. The lowest BCUT2D eigenvalue weighted by molar-refractivity contribution is 0.475. The summed E-state index contributed by atoms with van der Waals surface area (Å²) in [6, 6.07) is 43.5. The molecule has 1 N–H and O–H groups in total. The van der Waals surface area contributed by atoms with Gasteiger partial charge in [0.25, 0.3) is 0 Å². The Kier molecular flexibility index (Phi) is 5.65. The number of aromatic hydroxyl groups is 1. The van der Waals surface area contributed by atoms with Gasteiger partial charge in [-0.15, -0.1) is 0 Å². The van der Waals surface area contributed by atoms with E-state index in [1.54, 1.807) is 12.1 Å². The quantitative estimate of drug-likeness (QED) is 0.304. The fraction of sp³-hybridized carbons (Fsp3) is 0.0323. The van der Waals surface area contributed by atoms with Gasteiger partial charge in [0.1, 0.15) is 5.75 Å². The van der Waals surface area contributed by atoms with E-state index in [1.807, 2.05) is 18.2 Å². The fourth-order valence-electron chi connectivity index (χ4n) is 4.03. The second-order valence-corrected chi connectivity index (χ2v) is 8.18. The maximum absolute atomic E-state index is 9.81. The summed E-state index contributed by atoms with van der Waals surface area (Å²) in [5.41, 5.74) is 9.13. The molecule has 5 aromatic rings. The third kappa shape index (κ3) is 4.51. The van der Waals surface area contributed by atoms with Gasteiger partial charge in [0.2, 0.25) is 0 Å². The van der Waals surface area contributed by atoms with Crippen molar-refractivity contribution in [3.63, 3.8) is 0 Å². The Morgan fingerprint density at radius 1 is 0.424 bits per heavy atom. The Morgan fingerprint density at radius 2 is 0.788 bits per heavy atom. The van der Waals surface area contributed by atoms with Crippen LogP contribution in [-0.2, 0) is 0 Å². The van der Waals surface area contributed by atoms with Gasteiger partial charge in [-0.3, -0.25) is 0 Å². The predicted octanol–water partition coefficient (Wildman–Crippen LogP) is 8.50. The van der Waals surface area contributed by atoms with Crippen LogP contribution < -0.4 is 4.90 Å². The molecule has 0 radical (unpaired) electrons. The average molecular weight is 428 g/mol. The van der Waals surface area contributed by atoms with Crippen LogP contribution >= 0.6 is 0 Å². The molecule has 33 heavy (non-hydrogen) atoms. The Hall–Kier alpha value is -4.30. The van der Waals surface area contributed by atoms with Gasteiger partial charge >= 0.3 is 0 Å². The van der Waals surface area contributed by atoms with Crippen LogP contribution in [0.2, 0.25) is 0 Å². The first-order valence-electron chi connectivity index (χ1n) is 11.1. The maximum Gasteiger partial charge on any atom is 0.115 e. The summed E-state index contributed by atoms with van der Waals surface area (Å²) >= 11 is 0. The minimum atomic E-state index is 0.257. The van der Waals surface area contributed by atoms with Crippen LogP contribution in [0.4, 0.5) is 17.1 Å². The molecular weight excluding hydrogens is 402 g/mol. The van der Waals surface area contributed by atoms with Gasteiger partial charge < -0.3 is 10.0 Å². The van der Waals surface area contributed by atoms with Gasteiger partial charge in [0.15, 0.2) is 0 Å². The average Bonchev–Trinajstić information content (AvgIpc) is 2.87. The van der Waals surface area contributed by atoms with Crippen molar-refractivity contribution in [2.45, 2.75) is 6.92 Å². The molecule has 0 spiro atoms. The monoisotopic (exact) mass is 427 g/mol. The Balaban J connectivity index is 1.52. The Morgan fingerprint density at radius 3 is 1.24 bits per heavy atom. The van der Waals surface area contributed by atoms with Gasteiger partial charge in [-0.05, 0) is 77.7 Å². The molecule has 0 saturated carbocycles. The summed E-state index contributed by atoms with van der Waals surface area (Å²) in [5, 5.41) is 9.81. The second kappa shape index (κ2) is 9.05. The highest BCUT2D eigenvalue weighted by Gasteiger charge is 2.13. The minimum Gasteiger partial charge on any atom is -0.508 e. The first kappa shape index (κ1) is 20.6. The summed E-state index contributed by atoms with van der Waals surface area (Å²) in [6.45, 7) is 2.10. The van der Waals surface area contributed by atoms with Gasteiger partial charge in [0, 0.05) is 17.1 Å². The molecule has 2 nitrogen and oxygen atoms in total. The van der Waals surface area contributed by atoms with Crippen LogP contribution in [0.1, 0.15) is 5.56 Å². The molecule has 0 unspecified atom stereocenters. The van der Waals surface area contributed by atoms with E-state index in [9.17, 15) is 5.11 Å². The molecule has 0 aliphatic rings. The topological polar surface area (TPSA) is 23.5 Å².